The van der Waals surface area contributed by atoms with Gasteiger partial charge in [-0.1, -0.05) is 60.5 Å². The first-order valence-electron chi connectivity index (χ1n) is 10.2. The van der Waals surface area contributed by atoms with Gasteiger partial charge in [-0.3, -0.25) is 14.2 Å². The van der Waals surface area contributed by atoms with Crippen molar-refractivity contribution in [3.63, 3.8) is 0 Å². The fourth-order valence-electron chi connectivity index (χ4n) is 3.82. The van der Waals surface area contributed by atoms with Gasteiger partial charge >= 0.3 is 0 Å². The summed E-state index contributed by atoms with van der Waals surface area (Å²) in [7, 11) is 0. The third kappa shape index (κ3) is 4.37. The first kappa shape index (κ1) is 20.9. The van der Waals surface area contributed by atoms with E-state index in [1.54, 1.807) is 10.6 Å². The average Bonchev–Trinajstić information content (AvgIpc) is 3.39. The second-order valence-electron chi connectivity index (χ2n) is 7.63. The van der Waals surface area contributed by atoms with Crippen molar-refractivity contribution in [1.82, 2.24) is 14.9 Å². The molecule has 0 spiro atoms. The second-order valence-corrected chi connectivity index (χ2v) is 9.43. The van der Waals surface area contributed by atoms with Gasteiger partial charge < -0.3 is 5.32 Å². The number of fused-ring (bicyclic) bond motifs is 1. The maximum absolute atomic E-state index is 13.4. The Balaban J connectivity index is 1.64. The van der Waals surface area contributed by atoms with E-state index in [1.165, 1.54) is 41.5 Å². The molecule has 1 aliphatic rings. The molecule has 1 saturated carbocycles. The first-order valence-corrected chi connectivity index (χ1v) is 12.1. The molecule has 0 atom stereocenters. The normalized spacial score (nSPS) is 14.3. The van der Waals surface area contributed by atoms with Gasteiger partial charge in [0.25, 0.3) is 5.56 Å². The summed E-state index contributed by atoms with van der Waals surface area (Å²) in [5.74, 6) is 0.250. The van der Waals surface area contributed by atoms with Crippen LogP contribution in [0.2, 0.25) is 0 Å². The van der Waals surface area contributed by atoms with Crippen LogP contribution >= 0.6 is 23.1 Å². The van der Waals surface area contributed by atoms with Crippen molar-refractivity contribution in [2.45, 2.75) is 50.4 Å². The summed E-state index contributed by atoms with van der Waals surface area (Å²) in [6.45, 7) is 6.19. The number of nitrogens with zero attached hydrogens (tertiary/aromatic N) is 2. The Hall–Kier alpha value is -2.38. The largest absolute Gasteiger partial charge is 0.353 e. The van der Waals surface area contributed by atoms with Crippen molar-refractivity contribution < 1.29 is 4.79 Å². The highest BCUT2D eigenvalue weighted by molar-refractivity contribution is 7.99. The second kappa shape index (κ2) is 9.18. The minimum atomic E-state index is -0.0876. The van der Waals surface area contributed by atoms with Crippen LogP contribution in [-0.4, -0.2) is 27.3 Å². The number of allylic oxidation sites excluding steroid dienone is 1. The Labute approximate surface area is 184 Å². The molecule has 5 nitrogen and oxygen atoms in total. The Kier molecular flexibility index (Phi) is 6.39. The quantitative estimate of drug-likeness (QED) is 0.327. The van der Waals surface area contributed by atoms with E-state index in [4.69, 9.17) is 4.98 Å². The smallest absolute Gasteiger partial charge is 0.263 e. The van der Waals surface area contributed by atoms with Gasteiger partial charge in [-0.25, -0.2) is 4.98 Å². The lowest BCUT2D eigenvalue weighted by Gasteiger charge is -2.13. The Bertz CT molecular complexity index is 1130. The predicted molar refractivity (Wildman–Crippen MR) is 125 cm³/mol. The topological polar surface area (TPSA) is 64.0 Å². The number of hydrogen-bond acceptors (Lipinski definition) is 5. The van der Waals surface area contributed by atoms with Crippen LogP contribution in [0.25, 0.3) is 21.3 Å². The molecule has 1 N–H and O–H groups in total. The third-order valence-corrected chi connectivity index (χ3v) is 7.23. The minimum absolute atomic E-state index is 0.00192. The number of aryl methyl sites for hydroxylation is 1. The van der Waals surface area contributed by atoms with Crippen LogP contribution in [0.4, 0.5) is 0 Å². The molecule has 3 aromatic rings. The molecule has 156 valence electrons. The van der Waals surface area contributed by atoms with E-state index in [0.717, 1.165) is 24.0 Å². The van der Waals surface area contributed by atoms with E-state index >= 15 is 0 Å². The number of thiophene rings is 1. The summed E-state index contributed by atoms with van der Waals surface area (Å²) in [4.78, 5) is 31.1. The summed E-state index contributed by atoms with van der Waals surface area (Å²) in [6, 6.07) is 8.44. The third-order valence-electron chi connectivity index (χ3n) is 5.39. The van der Waals surface area contributed by atoms with Crippen molar-refractivity contribution in [2.75, 3.05) is 5.75 Å². The lowest BCUT2D eigenvalue weighted by Crippen LogP contribution is -2.34. The Morgan fingerprint density at radius 2 is 2.07 bits per heavy atom. The van der Waals surface area contributed by atoms with Gasteiger partial charge in [0.05, 0.1) is 11.1 Å². The summed E-state index contributed by atoms with van der Waals surface area (Å²) >= 11 is 2.78. The van der Waals surface area contributed by atoms with Crippen molar-refractivity contribution in [2.24, 2.45) is 0 Å². The fraction of sp³-hybridized carbons (Fsp3) is 0.348. The molecule has 4 rings (SSSR count). The first-order chi connectivity index (χ1) is 14.6. The molecular weight excluding hydrogens is 414 g/mol. The minimum Gasteiger partial charge on any atom is -0.353 e. The highest BCUT2D eigenvalue weighted by Crippen LogP contribution is 2.32. The zero-order valence-electron chi connectivity index (χ0n) is 17.0. The number of amides is 1. The molecule has 0 aliphatic heterocycles. The maximum atomic E-state index is 13.4. The van der Waals surface area contributed by atoms with E-state index in [1.807, 2.05) is 36.6 Å². The number of carbonyl (C=O) groups is 1. The molecule has 2 aromatic heterocycles. The lowest BCUT2D eigenvalue weighted by molar-refractivity contribution is -0.119. The van der Waals surface area contributed by atoms with Crippen LogP contribution in [0, 0.1) is 6.92 Å². The van der Waals surface area contributed by atoms with Crippen LogP contribution in [-0.2, 0) is 11.3 Å². The van der Waals surface area contributed by atoms with Gasteiger partial charge in [0.15, 0.2) is 5.16 Å². The number of benzene rings is 1. The van der Waals surface area contributed by atoms with Crippen LogP contribution in [0.3, 0.4) is 0 Å². The number of thioether (sulfide) groups is 1. The van der Waals surface area contributed by atoms with E-state index in [0.29, 0.717) is 28.0 Å². The van der Waals surface area contributed by atoms with Crippen LogP contribution in [0.5, 0.6) is 0 Å². The summed E-state index contributed by atoms with van der Waals surface area (Å²) in [6.07, 6.45) is 6.15. The molecule has 1 aromatic carbocycles. The molecule has 30 heavy (non-hydrogen) atoms. The molecule has 2 heterocycles. The molecule has 1 aliphatic carbocycles. The zero-order chi connectivity index (χ0) is 21.1. The van der Waals surface area contributed by atoms with E-state index in [2.05, 4.69) is 11.9 Å². The van der Waals surface area contributed by atoms with Crippen molar-refractivity contribution in [1.29, 1.82) is 0 Å². The molecule has 7 heteroatoms. The number of carbonyl (C=O) groups excluding carboxylic acids is 1. The number of rotatable bonds is 7. The van der Waals surface area contributed by atoms with Crippen molar-refractivity contribution >= 4 is 39.2 Å². The lowest BCUT2D eigenvalue weighted by atomic mass is 10.1. The summed E-state index contributed by atoms with van der Waals surface area (Å²) in [5.41, 5.74) is 3.00. The van der Waals surface area contributed by atoms with Gasteiger partial charge in [-0.2, -0.15) is 0 Å². The van der Waals surface area contributed by atoms with E-state index in [9.17, 15) is 9.59 Å². The molecule has 0 unspecified atom stereocenters. The number of aromatic nitrogens is 2. The molecule has 1 amide bonds. The van der Waals surface area contributed by atoms with Gasteiger partial charge in [-0.15, -0.1) is 17.9 Å². The van der Waals surface area contributed by atoms with Crippen LogP contribution in [0.15, 0.2) is 52.3 Å². The summed E-state index contributed by atoms with van der Waals surface area (Å²) in [5, 5.41) is 6.27. The number of nitrogens with one attached hydrogen (secondary N) is 1. The van der Waals surface area contributed by atoms with Crippen molar-refractivity contribution in [3.8, 4) is 11.1 Å². The van der Waals surface area contributed by atoms with Crippen LogP contribution < -0.4 is 10.9 Å². The SMILES string of the molecule is C=CCn1c(SCC(=O)NC2CCCC2)nc2scc(-c3ccc(C)cc3)c2c1=O. The highest BCUT2D eigenvalue weighted by Gasteiger charge is 2.20. The van der Waals surface area contributed by atoms with Crippen molar-refractivity contribution in [3.05, 3.63) is 58.2 Å². The van der Waals surface area contributed by atoms with Gasteiger partial charge in [0, 0.05) is 23.5 Å². The maximum Gasteiger partial charge on any atom is 0.263 e. The van der Waals surface area contributed by atoms with E-state index < -0.39 is 0 Å². The van der Waals surface area contributed by atoms with E-state index in [-0.39, 0.29) is 17.2 Å². The Morgan fingerprint density at radius 3 is 2.77 bits per heavy atom. The monoisotopic (exact) mass is 439 g/mol. The molecule has 0 radical (unpaired) electrons. The predicted octanol–water partition coefficient (Wildman–Crippen LogP) is 4.77. The fourth-order valence-corrected chi connectivity index (χ4v) is 5.63. The van der Waals surface area contributed by atoms with Gasteiger partial charge in [0.1, 0.15) is 4.83 Å². The molecule has 1 fully saturated rings. The highest BCUT2D eigenvalue weighted by atomic mass is 32.2. The van der Waals surface area contributed by atoms with Crippen LogP contribution in [0.1, 0.15) is 31.2 Å². The van der Waals surface area contributed by atoms with Gasteiger partial charge in [-0.05, 0) is 25.3 Å². The molecule has 0 bridgehead atoms. The number of hydrogen-bond donors (Lipinski definition) is 1. The zero-order valence-corrected chi connectivity index (χ0v) is 18.7. The molecule has 0 saturated heterocycles. The van der Waals surface area contributed by atoms with Gasteiger partial charge in [0.2, 0.25) is 5.91 Å². The average molecular weight is 440 g/mol. The molecular formula is C23H25N3O2S2. The standard InChI is InChI=1S/C23H25N3O2S2/c1-3-12-26-22(28)20-18(16-10-8-15(2)9-11-16)13-29-21(20)25-23(26)30-14-19(27)24-17-6-4-5-7-17/h3,8-11,13,17H,1,4-7,12,14H2,2H3,(H,24,27). The summed E-state index contributed by atoms with van der Waals surface area (Å²) < 4.78 is 1.62. The Morgan fingerprint density at radius 1 is 1.33 bits per heavy atom.